The van der Waals surface area contributed by atoms with Crippen LogP contribution in [0.4, 0.5) is 0 Å². The maximum Gasteiger partial charge on any atom is 0.227 e. The lowest BCUT2D eigenvalue weighted by molar-refractivity contribution is -0.132. The molecule has 0 saturated carbocycles. The molecule has 2 rings (SSSR count). The maximum absolute atomic E-state index is 12.3. The summed E-state index contributed by atoms with van der Waals surface area (Å²) in [6.07, 6.45) is 0.863. The molecule has 5 heteroatoms. The van der Waals surface area contributed by atoms with Gasteiger partial charge in [0.25, 0.3) is 0 Å². The third kappa shape index (κ3) is 4.55. The minimum Gasteiger partial charge on any atom is -0.392 e. The second kappa shape index (κ2) is 7.92. The lowest BCUT2D eigenvalue weighted by Crippen LogP contribution is -2.50. The fraction of sp³-hybridized carbons (Fsp3) is 0.529. The van der Waals surface area contributed by atoms with Gasteiger partial charge in [0.1, 0.15) is 0 Å². The van der Waals surface area contributed by atoms with E-state index < -0.39 is 0 Å². The zero-order valence-electron chi connectivity index (χ0n) is 13.0. The lowest BCUT2D eigenvalue weighted by atomic mass is 10.1. The van der Waals surface area contributed by atoms with Crippen LogP contribution in [0.2, 0.25) is 0 Å². The molecule has 1 amide bonds. The van der Waals surface area contributed by atoms with Gasteiger partial charge in [-0.1, -0.05) is 19.1 Å². The highest BCUT2D eigenvalue weighted by Crippen LogP contribution is 2.09. The van der Waals surface area contributed by atoms with Crippen molar-refractivity contribution in [2.24, 2.45) is 0 Å². The third-order valence-corrected chi connectivity index (χ3v) is 4.10. The SMILES string of the molecule is CCC(O)CN1CCN(C(=O)Cc2ccc(C#N)cc2)CC1. The molecule has 1 atom stereocenters. The van der Waals surface area contributed by atoms with E-state index in [0.717, 1.165) is 25.1 Å². The maximum atomic E-state index is 12.3. The number of hydrogen-bond donors (Lipinski definition) is 1. The number of carbonyl (C=O) groups is 1. The molecule has 118 valence electrons. The van der Waals surface area contributed by atoms with Gasteiger partial charge in [-0.25, -0.2) is 0 Å². The van der Waals surface area contributed by atoms with E-state index in [2.05, 4.69) is 11.0 Å². The number of amides is 1. The number of nitriles is 1. The number of aliphatic hydroxyl groups is 1. The summed E-state index contributed by atoms with van der Waals surface area (Å²) in [5.74, 6) is 0.125. The van der Waals surface area contributed by atoms with Gasteiger partial charge < -0.3 is 10.0 Å². The van der Waals surface area contributed by atoms with Gasteiger partial charge in [-0.3, -0.25) is 9.69 Å². The van der Waals surface area contributed by atoms with Crippen molar-refractivity contribution in [2.75, 3.05) is 32.7 Å². The standard InChI is InChI=1S/C17H23N3O2/c1-2-16(21)13-19-7-9-20(10-8-19)17(22)11-14-3-5-15(12-18)6-4-14/h3-6,16,21H,2,7-11,13H2,1H3. The van der Waals surface area contributed by atoms with Crippen molar-refractivity contribution >= 4 is 5.91 Å². The van der Waals surface area contributed by atoms with Crippen molar-refractivity contribution in [3.63, 3.8) is 0 Å². The van der Waals surface area contributed by atoms with Crippen LogP contribution >= 0.6 is 0 Å². The van der Waals surface area contributed by atoms with Crippen LogP contribution < -0.4 is 0 Å². The van der Waals surface area contributed by atoms with Crippen LogP contribution in [-0.2, 0) is 11.2 Å². The fourth-order valence-electron chi connectivity index (χ4n) is 2.59. The third-order valence-electron chi connectivity index (χ3n) is 4.10. The molecular weight excluding hydrogens is 278 g/mol. The molecule has 0 bridgehead atoms. The zero-order valence-corrected chi connectivity index (χ0v) is 13.0. The van der Waals surface area contributed by atoms with E-state index in [1.165, 1.54) is 0 Å². The van der Waals surface area contributed by atoms with Crippen molar-refractivity contribution in [1.82, 2.24) is 9.80 Å². The molecule has 1 aromatic rings. The number of β-amino-alcohol motifs (C(OH)–C–C–N with tert-alkyl or cyclic N) is 1. The van der Waals surface area contributed by atoms with Crippen LogP contribution in [0.1, 0.15) is 24.5 Å². The minimum atomic E-state index is -0.277. The Bertz CT molecular complexity index is 528. The Morgan fingerprint density at radius 3 is 2.45 bits per heavy atom. The summed E-state index contributed by atoms with van der Waals surface area (Å²) >= 11 is 0. The van der Waals surface area contributed by atoms with Gasteiger partial charge in [-0.05, 0) is 24.1 Å². The summed E-state index contributed by atoms with van der Waals surface area (Å²) in [5.41, 5.74) is 1.55. The van der Waals surface area contributed by atoms with Crippen molar-refractivity contribution in [1.29, 1.82) is 5.26 Å². The highest BCUT2D eigenvalue weighted by atomic mass is 16.3. The Morgan fingerprint density at radius 1 is 1.27 bits per heavy atom. The number of nitrogens with zero attached hydrogens (tertiary/aromatic N) is 3. The number of piperazine rings is 1. The predicted molar refractivity (Wildman–Crippen MR) is 84.2 cm³/mol. The Kier molecular flexibility index (Phi) is 5.93. The Balaban J connectivity index is 1.80. The topological polar surface area (TPSA) is 67.6 Å². The van der Waals surface area contributed by atoms with Gasteiger partial charge in [0.15, 0.2) is 0 Å². The average Bonchev–Trinajstić information content (AvgIpc) is 2.56. The Labute approximate surface area is 131 Å². The average molecular weight is 301 g/mol. The summed E-state index contributed by atoms with van der Waals surface area (Å²) in [5, 5.41) is 18.4. The highest BCUT2D eigenvalue weighted by molar-refractivity contribution is 5.78. The van der Waals surface area contributed by atoms with E-state index in [1.807, 2.05) is 24.0 Å². The fourth-order valence-corrected chi connectivity index (χ4v) is 2.59. The monoisotopic (exact) mass is 301 g/mol. The van der Waals surface area contributed by atoms with E-state index in [0.29, 0.717) is 31.6 Å². The quantitative estimate of drug-likeness (QED) is 0.881. The zero-order chi connectivity index (χ0) is 15.9. The number of aliphatic hydroxyl groups excluding tert-OH is 1. The van der Waals surface area contributed by atoms with Gasteiger partial charge in [-0.2, -0.15) is 5.26 Å². The van der Waals surface area contributed by atoms with Gasteiger partial charge in [0, 0.05) is 32.7 Å². The normalized spacial score (nSPS) is 17.0. The predicted octanol–water partition coefficient (Wildman–Crippen LogP) is 1.02. The molecule has 1 aliphatic rings. The van der Waals surface area contributed by atoms with Crippen LogP contribution in [-0.4, -0.2) is 59.6 Å². The van der Waals surface area contributed by atoms with Gasteiger partial charge in [-0.15, -0.1) is 0 Å². The molecule has 0 aliphatic carbocycles. The molecule has 1 aliphatic heterocycles. The molecule has 0 spiro atoms. The van der Waals surface area contributed by atoms with E-state index in [-0.39, 0.29) is 12.0 Å². The van der Waals surface area contributed by atoms with E-state index in [9.17, 15) is 9.90 Å². The minimum absolute atomic E-state index is 0.125. The van der Waals surface area contributed by atoms with Crippen molar-refractivity contribution in [3.05, 3.63) is 35.4 Å². The molecule has 1 aromatic carbocycles. The first kappa shape index (κ1) is 16.5. The van der Waals surface area contributed by atoms with Crippen LogP contribution in [0.3, 0.4) is 0 Å². The van der Waals surface area contributed by atoms with E-state index in [4.69, 9.17) is 5.26 Å². The molecular formula is C17H23N3O2. The second-order valence-electron chi connectivity index (χ2n) is 5.73. The molecule has 1 N–H and O–H groups in total. The first-order chi connectivity index (χ1) is 10.6. The van der Waals surface area contributed by atoms with Crippen molar-refractivity contribution in [2.45, 2.75) is 25.9 Å². The first-order valence-corrected chi connectivity index (χ1v) is 7.79. The van der Waals surface area contributed by atoms with E-state index >= 15 is 0 Å². The van der Waals surface area contributed by atoms with Crippen molar-refractivity contribution in [3.8, 4) is 6.07 Å². The summed E-state index contributed by atoms with van der Waals surface area (Å²) in [4.78, 5) is 16.4. The largest absolute Gasteiger partial charge is 0.392 e. The number of benzene rings is 1. The highest BCUT2D eigenvalue weighted by Gasteiger charge is 2.22. The first-order valence-electron chi connectivity index (χ1n) is 7.79. The Morgan fingerprint density at radius 2 is 1.91 bits per heavy atom. The Hall–Kier alpha value is -1.90. The van der Waals surface area contributed by atoms with Crippen LogP contribution in [0, 0.1) is 11.3 Å². The van der Waals surface area contributed by atoms with Crippen LogP contribution in [0.15, 0.2) is 24.3 Å². The molecule has 0 aromatic heterocycles. The van der Waals surface area contributed by atoms with E-state index in [1.54, 1.807) is 12.1 Å². The summed E-state index contributed by atoms with van der Waals surface area (Å²) in [6, 6.07) is 9.24. The molecule has 5 nitrogen and oxygen atoms in total. The molecule has 1 fully saturated rings. The molecule has 1 saturated heterocycles. The van der Waals surface area contributed by atoms with Crippen LogP contribution in [0.5, 0.6) is 0 Å². The molecule has 1 unspecified atom stereocenters. The van der Waals surface area contributed by atoms with Gasteiger partial charge >= 0.3 is 0 Å². The smallest absolute Gasteiger partial charge is 0.227 e. The second-order valence-corrected chi connectivity index (χ2v) is 5.73. The molecule has 0 radical (unpaired) electrons. The number of carbonyl (C=O) groups excluding carboxylic acids is 1. The lowest BCUT2D eigenvalue weighted by Gasteiger charge is -2.35. The number of rotatable bonds is 5. The van der Waals surface area contributed by atoms with Crippen LogP contribution in [0.25, 0.3) is 0 Å². The summed E-state index contributed by atoms with van der Waals surface area (Å²) < 4.78 is 0. The molecule has 1 heterocycles. The van der Waals surface area contributed by atoms with Gasteiger partial charge in [0.2, 0.25) is 5.91 Å². The van der Waals surface area contributed by atoms with Crippen molar-refractivity contribution < 1.29 is 9.90 Å². The summed E-state index contributed by atoms with van der Waals surface area (Å²) in [6.45, 7) is 5.72. The van der Waals surface area contributed by atoms with Gasteiger partial charge in [0.05, 0.1) is 24.2 Å². The molecule has 22 heavy (non-hydrogen) atoms. The number of hydrogen-bond acceptors (Lipinski definition) is 4. The summed E-state index contributed by atoms with van der Waals surface area (Å²) in [7, 11) is 0.